The van der Waals surface area contributed by atoms with Crippen LogP contribution in [-0.2, 0) is 10.0 Å². The van der Waals surface area contributed by atoms with Crippen molar-refractivity contribution in [2.75, 3.05) is 32.1 Å². The van der Waals surface area contributed by atoms with Crippen LogP contribution in [0.4, 0.5) is 0 Å². The van der Waals surface area contributed by atoms with Gasteiger partial charge in [0, 0.05) is 11.3 Å². The highest BCUT2D eigenvalue weighted by Gasteiger charge is 2.19. The van der Waals surface area contributed by atoms with Gasteiger partial charge in [-0.15, -0.1) is 0 Å². The Morgan fingerprint density at radius 2 is 1.93 bits per heavy atom. The third-order valence-corrected chi connectivity index (χ3v) is 4.77. The van der Waals surface area contributed by atoms with Gasteiger partial charge >= 0.3 is 0 Å². The van der Waals surface area contributed by atoms with Gasteiger partial charge in [0.05, 0.1) is 5.75 Å². The highest BCUT2D eigenvalue weighted by atomic mass is 32.2. The molecule has 0 fully saturated rings. The Balaban J connectivity index is 3.94. The zero-order valence-electron chi connectivity index (χ0n) is 9.96. The summed E-state index contributed by atoms with van der Waals surface area (Å²) in [6.45, 7) is 5.25. The van der Waals surface area contributed by atoms with Gasteiger partial charge in [-0.3, -0.25) is 0 Å². The minimum absolute atomic E-state index is 0.0456. The standard InChI is InChI=1S/C9H22N2O2S2/c1-9(2,14-4)8-11-15(12,13)7-5-6-10-3/h10-11H,5-8H2,1-4H3. The Hall–Kier alpha value is 0.220. The summed E-state index contributed by atoms with van der Waals surface area (Å²) in [5, 5.41) is 2.93. The van der Waals surface area contributed by atoms with Gasteiger partial charge in [-0.25, -0.2) is 13.1 Å². The largest absolute Gasteiger partial charge is 0.320 e. The first-order chi connectivity index (χ1) is 6.83. The van der Waals surface area contributed by atoms with Gasteiger partial charge in [0.15, 0.2) is 0 Å². The van der Waals surface area contributed by atoms with Crippen LogP contribution >= 0.6 is 11.8 Å². The topological polar surface area (TPSA) is 58.2 Å². The van der Waals surface area contributed by atoms with Gasteiger partial charge in [-0.05, 0) is 40.1 Å². The summed E-state index contributed by atoms with van der Waals surface area (Å²) in [5.41, 5.74) is 0. The fourth-order valence-corrected chi connectivity index (χ4v) is 2.42. The van der Waals surface area contributed by atoms with Crippen molar-refractivity contribution < 1.29 is 8.42 Å². The van der Waals surface area contributed by atoms with Crippen molar-refractivity contribution in [3.05, 3.63) is 0 Å². The number of hydrogen-bond acceptors (Lipinski definition) is 4. The van der Waals surface area contributed by atoms with E-state index in [9.17, 15) is 8.42 Å². The van der Waals surface area contributed by atoms with E-state index in [4.69, 9.17) is 0 Å². The lowest BCUT2D eigenvalue weighted by Gasteiger charge is -2.22. The van der Waals surface area contributed by atoms with E-state index in [1.165, 1.54) is 0 Å². The lowest BCUT2D eigenvalue weighted by Crippen LogP contribution is -2.37. The zero-order chi connectivity index (χ0) is 11.9. The monoisotopic (exact) mass is 254 g/mol. The quantitative estimate of drug-likeness (QED) is 0.625. The van der Waals surface area contributed by atoms with Crippen molar-refractivity contribution in [1.29, 1.82) is 0 Å². The van der Waals surface area contributed by atoms with Crippen LogP contribution < -0.4 is 10.0 Å². The summed E-state index contributed by atoms with van der Waals surface area (Å²) in [5.74, 6) is 0.193. The predicted octanol–water partition coefficient (Wildman–Crippen LogP) is 0.657. The molecule has 0 spiro atoms. The maximum Gasteiger partial charge on any atom is 0.211 e. The molecule has 92 valence electrons. The van der Waals surface area contributed by atoms with Crippen LogP contribution in [0.5, 0.6) is 0 Å². The molecular weight excluding hydrogens is 232 g/mol. The second-order valence-corrected chi connectivity index (χ2v) is 7.50. The normalized spacial score (nSPS) is 13.1. The predicted molar refractivity (Wildman–Crippen MR) is 67.9 cm³/mol. The van der Waals surface area contributed by atoms with E-state index >= 15 is 0 Å². The molecule has 15 heavy (non-hydrogen) atoms. The molecule has 0 aromatic carbocycles. The van der Waals surface area contributed by atoms with Crippen LogP contribution in [-0.4, -0.2) is 45.3 Å². The Morgan fingerprint density at radius 3 is 2.40 bits per heavy atom. The molecule has 2 N–H and O–H groups in total. The van der Waals surface area contributed by atoms with Crippen LogP contribution in [0.2, 0.25) is 0 Å². The molecule has 0 aliphatic carbocycles. The average molecular weight is 254 g/mol. The molecule has 0 aromatic rings. The van der Waals surface area contributed by atoms with E-state index in [-0.39, 0.29) is 10.5 Å². The second kappa shape index (κ2) is 6.73. The summed E-state index contributed by atoms with van der Waals surface area (Å²) in [6.07, 6.45) is 2.63. The van der Waals surface area contributed by atoms with Crippen LogP contribution in [0, 0.1) is 0 Å². The molecule has 0 saturated heterocycles. The fourth-order valence-electron chi connectivity index (χ4n) is 0.867. The van der Waals surface area contributed by atoms with E-state index in [1.54, 1.807) is 11.8 Å². The number of rotatable bonds is 8. The first-order valence-corrected chi connectivity index (χ1v) is 7.88. The molecule has 0 aliphatic rings. The molecule has 0 radical (unpaired) electrons. The molecule has 0 unspecified atom stereocenters. The zero-order valence-corrected chi connectivity index (χ0v) is 11.6. The van der Waals surface area contributed by atoms with Gasteiger partial charge in [-0.1, -0.05) is 0 Å². The van der Waals surface area contributed by atoms with Crippen molar-refractivity contribution in [1.82, 2.24) is 10.0 Å². The third kappa shape index (κ3) is 8.07. The molecule has 6 heteroatoms. The minimum atomic E-state index is -3.10. The summed E-state index contributed by atoms with van der Waals surface area (Å²) in [6, 6.07) is 0. The van der Waals surface area contributed by atoms with Gasteiger partial charge in [0.2, 0.25) is 10.0 Å². The second-order valence-electron chi connectivity index (χ2n) is 4.06. The van der Waals surface area contributed by atoms with Gasteiger partial charge in [0.1, 0.15) is 0 Å². The molecule has 0 atom stereocenters. The van der Waals surface area contributed by atoms with Crippen molar-refractivity contribution in [3.63, 3.8) is 0 Å². The highest BCUT2D eigenvalue weighted by molar-refractivity contribution is 8.00. The number of hydrogen-bond donors (Lipinski definition) is 2. The van der Waals surface area contributed by atoms with Crippen LogP contribution in [0.15, 0.2) is 0 Å². The smallest absolute Gasteiger partial charge is 0.211 e. The van der Waals surface area contributed by atoms with E-state index in [0.29, 0.717) is 13.0 Å². The van der Waals surface area contributed by atoms with Gasteiger partial charge in [-0.2, -0.15) is 11.8 Å². The number of nitrogens with one attached hydrogen (secondary N) is 2. The molecule has 0 aliphatic heterocycles. The molecule has 0 saturated carbocycles. The molecule has 0 aromatic heterocycles. The summed E-state index contributed by atoms with van der Waals surface area (Å²) in [7, 11) is -1.28. The van der Waals surface area contributed by atoms with Crippen LogP contribution in [0.1, 0.15) is 20.3 Å². The van der Waals surface area contributed by atoms with Crippen molar-refractivity contribution >= 4 is 21.8 Å². The lowest BCUT2D eigenvalue weighted by molar-refractivity contribution is 0.567. The van der Waals surface area contributed by atoms with Gasteiger partial charge < -0.3 is 5.32 Å². The lowest BCUT2D eigenvalue weighted by atomic mass is 10.2. The van der Waals surface area contributed by atoms with Gasteiger partial charge in [0.25, 0.3) is 0 Å². The van der Waals surface area contributed by atoms with Crippen LogP contribution in [0.3, 0.4) is 0 Å². The molecule has 0 amide bonds. The SMILES string of the molecule is CNCCCS(=O)(=O)NCC(C)(C)SC. The van der Waals surface area contributed by atoms with E-state index in [1.807, 2.05) is 27.2 Å². The Kier molecular flexibility index (Phi) is 6.83. The fraction of sp³-hybridized carbons (Fsp3) is 1.00. The summed E-state index contributed by atoms with van der Waals surface area (Å²) >= 11 is 1.66. The highest BCUT2D eigenvalue weighted by Crippen LogP contribution is 2.19. The number of thioether (sulfide) groups is 1. The third-order valence-electron chi connectivity index (χ3n) is 2.11. The molecule has 0 rings (SSSR count). The number of sulfonamides is 1. The summed E-state index contributed by atoms with van der Waals surface area (Å²) in [4.78, 5) is 0. The van der Waals surface area contributed by atoms with E-state index in [0.717, 1.165) is 6.54 Å². The maximum absolute atomic E-state index is 11.5. The van der Waals surface area contributed by atoms with Crippen LogP contribution in [0.25, 0.3) is 0 Å². The Labute approximate surface area is 97.6 Å². The average Bonchev–Trinajstić information content (AvgIpc) is 2.16. The van der Waals surface area contributed by atoms with E-state index < -0.39 is 10.0 Å². The molecule has 0 heterocycles. The molecule has 0 bridgehead atoms. The summed E-state index contributed by atoms with van der Waals surface area (Å²) < 4.78 is 25.6. The molecular formula is C9H22N2O2S2. The maximum atomic E-state index is 11.5. The van der Waals surface area contributed by atoms with Crippen molar-refractivity contribution in [2.24, 2.45) is 0 Å². The Bertz CT molecular complexity index is 263. The first kappa shape index (κ1) is 15.2. The minimum Gasteiger partial charge on any atom is -0.320 e. The van der Waals surface area contributed by atoms with Crippen molar-refractivity contribution in [2.45, 2.75) is 25.0 Å². The van der Waals surface area contributed by atoms with Crippen molar-refractivity contribution in [3.8, 4) is 0 Å². The Morgan fingerprint density at radius 1 is 1.33 bits per heavy atom. The first-order valence-electron chi connectivity index (χ1n) is 5.00. The molecule has 4 nitrogen and oxygen atoms in total. The van der Waals surface area contributed by atoms with E-state index in [2.05, 4.69) is 10.0 Å².